The molecule has 1 N–H and O–H groups in total. The molecule has 0 radical (unpaired) electrons. The molecule has 1 aliphatic heterocycles. The summed E-state index contributed by atoms with van der Waals surface area (Å²) in [6.45, 7) is 0.524. The molecule has 1 saturated heterocycles. The lowest BCUT2D eigenvalue weighted by Crippen LogP contribution is -2.11. The monoisotopic (exact) mass is 295 g/mol. The molecular formula is C15H12F3NO2. The molecular weight excluding hydrogens is 283 g/mol. The van der Waals surface area contributed by atoms with Gasteiger partial charge in [0.25, 0.3) is 0 Å². The number of hydroxylamine groups is 1. The molecule has 110 valence electrons. The average Bonchev–Trinajstić information content (AvgIpc) is 2.96. The molecule has 0 aromatic heterocycles. The minimum atomic E-state index is -0.718. The van der Waals surface area contributed by atoms with Gasteiger partial charge < -0.3 is 9.57 Å². The van der Waals surface area contributed by atoms with Gasteiger partial charge in [0.05, 0.1) is 12.6 Å². The van der Waals surface area contributed by atoms with Gasteiger partial charge in [0.1, 0.15) is 17.4 Å². The molecule has 1 atom stereocenters. The Morgan fingerprint density at radius 3 is 2.67 bits per heavy atom. The molecule has 0 bridgehead atoms. The lowest BCUT2D eigenvalue weighted by Gasteiger charge is -2.12. The first-order valence-electron chi connectivity index (χ1n) is 6.42. The molecule has 0 spiro atoms. The van der Waals surface area contributed by atoms with E-state index in [0.717, 1.165) is 24.3 Å². The highest BCUT2D eigenvalue weighted by Crippen LogP contribution is 2.30. The first-order chi connectivity index (χ1) is 10.1. The number of ether oxygens (including phenoxy) is 1. The highest BCUT2D eigenvalue weighted by molar-refractivity contribution is 5.36. The van der Waals surface area contributed by atoms with Crippen molar-refractivity contribution in [3.63, 3.8) is 0 Å². The zero-order valence-corrected chi connectivity index (χ0v) is 10.9. The minimum Gasteiger partial charge on any atom is -0.454 e. The maximum atomic E-state index is 13.6. The van der Waals surface area contributed by atoms with E-state index in [1.54, 1.807) is 6.07 Å². The van der Waals surface area contributed by atoms with Crippen LogP contribution in [0.15, 0.2) is 36.4 Å². The van der Waals surface area contributed by atoms with E-state index < -0.39 is 17.5 Å². The summed E-state index contributed by atoms with van der Waals surface area (Å²) in [5.41, 5.74) is 3.38. The number of hydrogen-bond donors (Lipinski definition) is 1. The van der Waals surface area contributed by atoms with E-state index in [1.165, 1.54) is 6.07 Å². The van der Waals surface area contributed by atoms with Crippen molar-refractivity contribution in [2.24, 2.45) is 0 Å². The van der Waals surface area contributed by atoms with Gasteiger partial charge in [-0.05, 0) is 36.2 Å². The van der Waals surface area contributed by atoms with Crippen molar-refractivity contribution in [2.45, 2.75) is 12.5 Å². The molecule has 0 amide bonds. The van der Waals surface area contributed by atoms with Crippen LogP contribution in [0.1, 0.15) is 18.0 Å². The van der Waals surface area contributed by atoms with Crippen LogP contribution >= 0.6 is 0 Å². The van der Waals surface area contributed by atoms with Crippen LogP contribution in [0, 0.1) is 17.5 Å². The average molecular weight is 295 g/mol. The Morgan fingerprint density at radius 1 is 1.05 bits per heavy atom. The molecule has 1 fully saturated rings. The second-order valence-corrected chi connectivity index (χ2v) is 4.70. The fourth-order valence-corrected chi connectivity index (χ4v) is 2.16. The Labute approximate surface area is 119 Å². The summed E-state index contributed by atoms with van der Waals surface area (Å²) in [4.78, 5) is 5.02. The second-order valence-electron chi connectivity index (χ2n) is 4.70. The van der Waals surface area contributed by atoms with Crippen molar-refractivity contribution >= 4 is 0 Å². The Hall–Kier alpha value is -2.05. The van der Waals surface area contributed by atoms with E-state index in [0.29, 0.717) is 18.6 Å². The fourth-order valence-electron chi connectivity index (χ4n) is 2.16. The largest absolute Gasteiger partial charge is 0.454 e. The molecule has 2 aromatic carbocycles. The van der Waals surface area contributed by atoms with Crippen LogP contribution in [0.2, 0.25) is 0 Å². The summed E-state index contributed by atoms with van der Waals surface area (Å²) in [5, 5.41) is 0. The van der Waals surface area contributed by atoms with E-state index >= 15 is 0 Å². The Kier molecular flexibility index (Phi) is 3.81. The molecule has 2 aromatic rings. The van der Waals surface area contributed by atoms with Crippen LogP contribution in [0.5, 0.6) is 11.5 Å². The smallest absolute Gasteiger partial charge is 0.165 e. The van der Waals surface area contributed by atoms with E-state index in [4.69, 9.17) is 9.57 Å². The summed E-state index contributed by atoms with van der Waals surface area (Å²) < 4.78 is 45.5. The van der Waals surface area contributed by atoms with Gasteiger partial charge in [0.2, 0.25) is 0 Å². The van der Waals surface area contributed by atoms with Crippen LogP contribution in [0.3, 0.4) is 0 Å². The zero-order chi connectivity index (χ0) is 14.8. The molecule has 6 heteroatoms. The Morgan fingerprint density at radius 2 is 1.90 bits per heavy atom. The SMILES string of the molecule is Fc1cc(Oc2cc(F)ccc2F)cc([C@H]2CCON2)c1. The third kappa shape index (κ3) is 3.17. The van der Waals surface area contributed by atoms with Gasteiger partial charge in [-0.15, -0.1) is 0 Å². The number of hydrogen-bond acceptors (Lipinski definition) is 3. The quantitative estimate of drug-likeness (QED) is 0.932. The number of nitrogens with one attached hydrogen (secondary N) is 1. The lowest BCUT2D eigenvalue weighted by molar-refractivity contribution is 0.0882. The fraction of sp³-hybridized carbons (Fsp3) is 0.200. The van der Waals surface area contributed by atoms with E-state index in [9.17, 15) is 13.2 Å². The molecule has 3 nitrogen and oxygen atoms in total. The van der Waals surface area contributed by atoms with Crippen molar-refractivity contribution < 1.29 is 22.7 Å². The topological polar surface area (TPSA) is 30.5 Å². The maximum Gasteiger partial charge on any atom is 0.165 e. The van der Waals surface area contributed by atoms with Crippen LogP contribution < -0.4 is 10.2 Å². The van der Waals surface area contributed by atoms with Gasteiger partial charge in [0.15, 0.2) is 11.6 Å². The van der Waals surface area contributed by atoms with E-state index in [-0.39, 0.29) is 17.5 Å². The first kappa shape index (κ1) is 13.9. The normalized spacial score (nSPS) is 18.0. The summed E-state index contributed by atoms with van der Waals surface area (Å²) >= 11 is 0. The highest BCUT2D eigenvalue weighted by atomic mass is 19.1. The summed E-state index contributed by atoms with van der Waals surface area (Å²) in [6.07, 6.45) is 0.692. The van der Waals surface area contributed by atoms with Crippen LogP contribution in [-0.4, -0.2) is 6.61 Å². The van der Waals surface area contributed by atoms with Gasteiger partial charge in [-0.3, -0.25) is 0 Å². The summed E-state index contributed by atoms with van der Waals surface area (Å²) in [7, 11) is 0. The lowest BCUT2D eigenvalue weighted by atomic mass is 10.1. The van der Waals surface area contributed by atoms with Crippen LogP contribution in [0.4, 0.5) is 13.2 Å². The zero-order valence-electron chi connectivity index (χ0n) is 10.9. The Bertz CT molecular complexity index is 657. The van der Waals surface area contributed by atoms with Gasteiger partial charge in [-0.1, -0.05) is 0 Å². The standard InChI is InChI=1S/C15H12F3NO2/c16-10-1-2-13(18)15(8-10)21-12-6-9(5-11(17)7-12)14-3-4-20-19-14/h1-2,5-8,14,19H,3-4H2/t14-/m1/s1. The second kappa shape index (κ2) is 5.75. The van der Waals surface area contributed by atoms with Gasteiger partial charge in [-0.25, -0.2) is 13.2 Å². The predicted octanol–water partition coefficient (Wildman–Crippen LogP) is 3.86. The number of halogens is 3. The first-order valence-corrected chi connectivity index (χ1v) is 6.42. The van der Waals surface area contributed by atoms with E-state index in [1.807, 2.05) is 0 Å². The van der Waals surface area contributed by atoms with Gasteiger partial charge >= 0.3 is 0 Å². The molecule has 0 aliphatic carbocycles. The van der Waals surface area contributed by atoms with Gasteiger partial charge in [0, 0.05) is 12.1 Å². The molecule has 0 unspecified atom stereocenters. The molecule has 0 saturated carbocycles. The number of benzene rings is 2. The van der Waals surface area contributed by atoms with Gasteiger partial charge in [-0.2, -0.15) is 5.48 Å². The summed E-state index contributed by atoms with van der Waals surface area (Å²) in [6, 6.07) is 6.73. The Balaban J connectivity index is 1.89. The third-order valence-electron chi connectivity index (χ3n) is 3.15. The maximum absolute atomic E-state index is 13.6. The molecule has 3 rings (SSSR count). The van der Waals surface area contributed by atoms with Crippen molar-refractivity contribution in [2.75, 3.05) is 6.61 Å². The summed E-state index contributed by atoms with van der Waals surface area (Å²) in [5.74, 6) is -2.06. The molecule has 21 heavy (non-hydrogen) atoms. The third-order valence-corrected chi connectivity index (χ3v) is 3.15. The van der Waals surface area contributed by atoms with E-state index in [2.05, 4.69) is 5.48 Å². The van der Waals surface area contributed by atoms with Crippen LogP contribution in [0.25, 0.3) is 0 Å². The van der Waals surface area contributed by atoms with Crippen LogP contribution in [-0.2, 0) is 4.84 Å². The predicted molar refractivity (Wildman–Crippen MR) is 69.3 cm³/mol. The van der Waals surface area contributed by atoms with Crippen molar-refractivity contribution in [3.05, 3.63) is 59.4 Å². The minimum absolute atomic E-state index is 0.100. The highest BCUT2D eigenvalue weighted by Gasteiger charge is 2.19. The molecule has 1 heterocycles. The van der Waals surface area contributed by atoms with Crippen molar-refractivity contribution in [3.8, 4) is 11.5 Å². The molecule has 1 aliphatic rings. The van der Waals surface area contributed by atoms with Crippen molar-refractivity contribution in [1.29, 1.82) is 0 Å². The van der Waals surface area contributed by atoms with Crippen molar-refractivity contribution in [1.82, 2.24) is 5.48 Å². The number of rotatable bonds is 3.